The van der Waals surface area contributed by atoms with Crippen LogP contribution in [0.1, 0.15) is 5.69 Å². The molecule has 0 saturated carbocycles. The quantitative estimate of drug-likeness (QED) is 0.532. The van der Waals surface area contributed by atoms with Crippen molar-refractivity contribution >= 4 is 11.7 Å². The van der Waals surface area contributed by atoms with E-state index in [9.17, 15) is 10.1 Å². The van der Waals surface area contributed by atoms with E-state index < -0.39 is 4.92 Å². The molecule has 5 nitrogen and oxygen atoms in total. The highest BCUT2D eigenvalue weighted by atomic mass is 16.6. The lowest BCUT2D eigenvalue weighted by Gasteiger charge is -1.86. The molecule has 0 aliphatic heterocycles. The standard InChI is InChI=1S/C9H7N3O2/c13-12(14)6-4-8-7-11-5-2-1-3-9(11)10-8/h1-7H/b6-4+. The summed E-state index contributed by atoms with van der Waals surface area (Å²) in [7, 11) is 0. The highest BCUT2D eigenvalue weighted by Gasteiger charge is 1.97. The molecule has 0 spiro atoms. The van der Waals surface area contributed by atoms with Crippen molar-refractivity contribution in [2.75, 3.05) is 0 Å². The summed E-state index contributed by atoms with van der Waals surface area (Å²) in [6, 6.07) is 5.57. The lowest BCUT2D eigenvalue weighted by atomic mass is 10.5. The Labute approximate surface area is 79.5 Å². The van der Waals surface area contributed by atoms with Gasteiger partial charge in [-0.1, -0.05) is 6.07 Å². The second kappa shape index (κ2) is 3.29. The Morgan fingerprint density at radius 1 is 1.50 bits per heavy atom. The van der Waals surface area contributed by atoms with Crippen LogP contribution in [0.25, 0.3) is 11.7 Å². The number of nitrogens with zero attached hydrogens (tertiary/aromatic N) is 3. The zero-order chi connectivity index (χ0) is 9.97. The Hall–Kier alpha value is -2.17. The second-order valence-electron chi connectivity index (χ2n) is 2.73. The summed E-state index contributed by atoms with van der Waals surface area (Å²) in [5.41, 5.74) is 1.35. The van der Waals surface area contributed by atoms with Crippen molar-refractivity contribution in [3.05, 3.63) is 52.6 Å². The fourth-order valence-corrected chi connectivity index (χ4v) is 1.17. The van der Waals surface area contributed by atoms with Crippen LogP contribution in [0.2, 0.25) is 0 Å². The van der Waals surface area contributed by atoms with Gasteiger partial charge in [-0.3, -0.25) is 10.1 Å². The smallest absolute Gasteiger partial charge is 0.236 e. The van der Waals surface area contributed by atoms with Crippen LogP contribution in [-0.2, 0) is 0 Å². The fraction of sp³-hybridized carbons (Fsp3) is 0. The van der Waals surface area contributed by atoms with E-state index in [0.29, 0.717) is 5.69 Å². The topological polar surface area (TPSA) is 60.4 Å². The monoisotopic (exact) mass is 189 g/mol. The first-order chi connectivity index (χ1) is 6.75. The normalized spacial score (nSPS) is 11.1. The number of nitro groups is 1. The molecule has 70 valence electrons. The van der Waals surface area contributed by atoms with E-state index in [-0.39, 0.29) is 0 Å². The minimum atomic E-state index is -0.510. The molecule has 2 rings (SSSR count). The number of pyridine rings is 1. The van der Waals surface area contributed by atoms with E-state index in [2.05, 4.69) is 4.98 Å². The molecule has 0 atom stereocenters. The highest BCUT2D eigenvalue weighted by molar-refractivity contribution is 5.50. The maximum Gasteiger partial charge on any atom is 0.236 e. The molecule has 14 heavy (non-hydrogen) atoms. The van der Waals surface area contributed by atoms with Crippen molar-refractivity contribution in [3.63, 3.8) is 0 Å². The van der Waals surface area contributed by atoms with E-state index in [0.717, 1.165) is 11.8 Å². The van der Waals surface area contributed by atoms with Gasteiger partial charge in [-0.2, -0.15) is 0 Å². The average molecular weight is 189 g/mol. The Kier molecular flexibility index (Phi) is 1.98. The van der Waals surface area contributed by atoms with Crippen molar-refractivity contribution in [1.82, 2.24) is 9.38 Å². The maximum atomic E-state index is 10.1. The average Bonchev–Trinajstić information content (AvgIpc) is 2.57. The van der Waals surface area contributed by atoms with Crippen LogP contribution >= 0.6 is 0 Å². The lowest BCUT2D eigenvalue weighted by Crippen LogP contribution is -1.81. The van der Waals surface area contributed by atoms with Gasteiger partial charge < -0.3 is 4.40 Å². The summed E-state index contributed by atoms with van der Waals surface area (Å²) < 4.78 is 1.81. The Bertz CT molecular complexity index is 468. The molecule has 2 aromatic rings. The molecule has 0 aliphatic carbocycles. The summed E-state index contributed by atoms with van der Waals surface area (Å²) in [5, 5.41) is 10.1. The number of aromatic nitrogens is 2. The minimum Gasteiger partial charge on any atom is -0.306 e. The predicted octanol–water partition coefficient (Wildman–Crippen LogP) is 1.58. The van der Waals surface area contributed by atoms with Crippen LogP contribution in [0.3, 0.4) is 0 Å². The van der Waals surface area contributed by atoms with Gasteiger partial charge in [0.1, 0.15) is 5.65 Å². The van der Waals surface area contributed by atoms with Crippen LogP contribution in [-0.4, -0.2) is 14.3 Å². The Morgan fingerprint density at radius 3 is 3.07 bits per heavy atom. The van der Waals surface area contributed by atoms with E-state index in [4.69, 9.17) is 0 Å². The molecule has 5 heteroatoms. The number of hydrogen-bond donors (Lipinski definition) is 0. The van der Waals surface area contributed by atoms with Gasteiger partial charge in [0.05, 0.1) is 10.6 Å². The summed E-state index contributed by atoms with van der Waals surface area (Å²) >= 11 is 0. The van der Waals surface area contributed by atoms with Gasteiger partial charge in [-0.05, 0) is 12.1 Å². The molecule has 0 aromatic carbocycles. The van der Waals surface area contributed by atoms with Gasteiger partial charge in [0.25, 0.3) is 0 Å². The van der Waals surface area contributed by atoms with Gasteiger partial charge in [0.15, 0.2) is 0 Å². The third-order valence-electron chi connectivity index (χ3n) is 1.75. The first-order valence-electron chi connectivity index (χ1n) is 4.01. The largest absolute Gasteiger partial charge is 0.306 e. The van der Waals surface area contributed by atoms with Gasteiger partial charge in [0.2, 0.25) is 6.20 Å². The second-order valence-corrected chi connectivity index (χ2v) is 2.73. The zero-order valence-corrected chi connectivity index (χ0v) is 7.20. The Balaban J connectivity index is 2.40. The molecule has 2 heterocycles. The van der Waals surface area contributed by atoms with E-state index in [1.807, 2.05) is 24.4 Å². The van der Waals surface area contributed by atoms with Gasteiger partial charge in [-0.15, -0.1) is 0 Å². The van der Waals surface area contributed by atoms with E-state index in [1.165, 1.54) is 6.08 Å². The fourth-order valence-electron chi connectivity index (χ4n) is 1.17. The summed E-state index contributed by atoms with van der Waals surface area (Å²) in [4.78, 5) is 13.7. The van der Waals surface area contributed by atoms with Crippen molar-refractivity contribution in [1.29, 1.82) is 0 Å². The summed E-state index contributed by atoms with van der Waals surface area (Å²) in [6.07, 6.45) is 5.82. The SMILES string of the molecule is O=[N+]([O-])/C=C/c1cn2ccccc2n1. The van der Waals surface area contributed by atoms with Crippen molar-refractivity contribution in [3.8, 4) is 0 Å². The van der Waals surface area contributed by atoms with E-state index >= 15 is 0 Å². The minimum absolute atomic E-state index is 0.510. The third-order valence-corrected chi connectivity index (χ3v) is 1.75. The molecule has 0 aliphatic rings. The summed E-state index contributed by atoms with van der Waals surface area (Å²) in [6.45, 7) is 0. The lowest BCUT2D eigenvalue weighted by molar-refractivity contribution is -0.401. The van der Waals surface area contributed by atoms with Crippen molar-refractivity contribution < 1.29 is 4.92 Å². The number of imidazole rings is 1. The van der Waals surface area contributed by atoms with Crippen molar-refractivity contribution in [2.45, 2.75) is 0 Å². The molecule has 0 unspecified atom stereocenters. The van der Waals surface area contributed by atoms with Crippen LogP contribution < -0.4 is 0 Å². The molecule has 0 saturated heterocycles. The van der Waals surface area contributed by atoms with Gasteiger partial charge in [0, 0.05) is 18.5 Å². The van der Waals surface area contributed by atoms with E-state index in [1.54, 1.807) is 10.6 Å². The number of hydrogen-bond acceptors (Lipinski definition) is 3. The predicted molar refractivity (Wildman–Crippen MR) is 51.2 cm³/mol. The molecule has 0 fully saturated rings. The molecule has 0 bridgehead atoms. The first kappa shape index (κ1) is 8.43. The highest BCUT2D eigenvalue weighted by Crippen LogP contribution is 2.05. The molecule has 0 amide bonds. The molecule has 2 aromatic heterocycles. The third kappa shape index (κ3) is 1.61. The first-order valence-corrected chi connectivity index (χ1v) is 4.01. The van der Waals surface area contributed by atoms with Gasteiger partial charge in [-0.25, -0.2) is 4.98 Å². The van der Waals surface area contributed by atoms with Crippen LogP contribution in [0.5, 0.6) is 0 Å². The van der Waals surface area contributed by atoms with Crippen LogP contribution in [0.4, 0.5) is 0 Å². The maximum absolute atomic E-state index is 10.1. The van der Waals surface area contributed by atoms with Crippen LogP contribution in [0, 0.1) is 10.1 Å². The molecular formula is C9H7N3O2. The zero-order valence-electron chi connectivity index (χ0n) is 7.20. The molecule has 0 N–H and O–H groups in total. The van der Waals surface area contributed by atoms with Crippen LogP contribution in [0.15, 0.2) is 36.8 Å². The van der Waals surface area contributed by atoms with Gasteiger partial charge >= 0.3 is 0 Å². The van der Waals surface area contributed by atoms with Crippen molar-refractivity contribution in [2.24, 2.45) is 0 Å². The summed E-state index contributed by atoms with van der Waals surface area (Å²) in [5.74, 6) is 0. The molecule has 0 radical (unpaired) electrons. The Morgan fingerprint density at radius 2 is 2.36 bits per heavy atom. The number of fused-ring (bicyclic) bond motifs is 1. The number of rotatable bonds is 2. The molecular weight excluding hydrogens is 182 g/mol.